The highest BCUT2D eigenvalue weighted by Gasteiger charge is 2.17. The number of hydrogen-bond acceptors (Lipinski definition) is 3. The highest BCUT2D eigenvalue weighted by Crippen LogP contribution is 2.24. The second kappa shape index (κ2) is 4.19. The first-order valence-corrected chi connectivity index (χ1v) is 6.12. The van der Waals surface area contributed by atoms with Gasteiger partial charge in [-0.05, 0) is 18.2 Å². The largest absolute Gasteiger partial charge is 0.309 e. The van der Waals surface area contributed by atoms with Crippen LogP contribution in [0.25, 0.3) is 11.4 Å². The minimum absolute atomic E-state index is 0.277. The van der Waals surface area contributed by atoms with Gasteiger partial charge in [0.2, 0.25) is 0 Å². The molecule has 1 aromatic carbocycles. The van der Waals surface area contributed by atoms with Crippen LogP contribution in [-0.2, 0) is 13.1 Å². The second-order valence-electron chi connectivity index (χ2n) is 3.93. The summed E-state index contributed by atoms with van der Waals surface area (Å²) in [6.07, 6.45) is 0. The molecule has 0 unspecified atom stereocenters. The van der Waals surface area contributed by atoms with Crippen molar-refractivity contribution in [3.63, 3.8) is 0 Å². The number of nitrogens with one attached hydrogen (secondary N) is 1. The van der Waals surface area contributed by atoms with E-state index in [4.69, 9.17) is 0 Å². The van der Waals surface area contributed by atoms with E-state index in [1.165, 1.54) is 12.1 Å². The Morgan fingerprint density at radius 1 is 1.29 bits per heavy atom. The van der Waals surface area contributed by atoms with Crippen LogP contribution in [0, 0.1) is 5.82 Å². The molecular formula is C11H10BrFN4. The van der Waals surface area contributed by atoms with E-state index < -0.39 is 0 Å². The third-order valence-corrected chi connectivity index (χ3v) is 3.20. The average molecular weight is 297 g/mol. The van der Waals surface area contributed by atoms with Crippen molar-refractivity contribution in [3.8, 4) is 11.4 Å². The van der Waals surface area contributed by atoms with E-state index in [-0.39, 0.29) is 5.82 Å². The summed E-state index contributed by atoms with van der Waals surface area (Å²) < 4.78 is 16.1. The van der Waals surface area contributed by atoms with Gasteiger partial charge in [0.25, 0.3) is 0 Å². The Bertz CT molecular complexity index is 546. The van der Waals surface area contributed by atoms with Gasteiger partial charge in [0, 0.05) is 23.1 Å². The minimum atomic E-state index is -0.277. The smallest absolute Gasteiger partial charge is 0.164 e. The number of rotatable bonds is 1. The van der Waals surface area contributed by atoms with Crippen LogP contribution in [0.3, 0.4) is 0 Å². The molecule has 0 saturated carbocycles. The predicted octanol–water partition coefficient (Wildman–Crippen LogP) is 1.95. The fraction of sp³-hybridized carbons (Fsp3) is 0.273. The van der Waals surface area contributed by atoms with Crippen LogP contribution in [0.4, 0.5) is 4.39 Å². The maximum absolute atomic E-state index is 13.4. The molecule has 0 fully saturated rings. The topological polar surface area (TPSA) is 42.7 Å². The molecule has 1 N–H and O–H groups in total. The molecule has 0 radical (unpaired) electrons. The van der Waals surface area contributed by atoms with Crippen LogP contribution in [-0.4, -0.2) is 21.3 Å². The molecular weight excluding hydrogens is 287 g/mol. The molecule has 4 nitrogen and oxygen atoms in total. The number of halogens is 2. The van der Waals surface area contributed by atoms with Gasteiger partial charge in [0.15, 0.2) is 5.82 Å². The van der Waals surface area contributed by atoms with Crippen molar-refractivity contribution in [1.82, 2.24) is 20.1 Å². The molecule has 0 spiro atoms. The normalized spacial score (nSPS) is 14.7. The molecule has 0 aliphatic carbocycles. The maximum atomic E-state index is 13.4. The number of nitrogens with zero attached hydrogens (tertiary/aromatic N) is 3. The van der Waals surface area contributed by atoms with Gasteiger partial charge in [-0.2, -0.15) is 0 Å². The van der Waals surface area contributed by atoms with Crippen LogP contribution in [0.5, 0.6) is 0 Å². The molecule has 6 heteroatoms. The fourth-order valence-electron chi connectivity index (χ4n) is 1.99. The first-order chi connectivity index (χ1) is 8.24. The molecule has 17 heavy (non-hydrogen) atoms. The van der Waals surface area contributed by atoms with Crippen LogP contribution in [0.1, 0.15) is 5.82 Å². The first kappa shape index (κ1) is 10.9. The van der Waals surface area contributed by atoms with E-state index >= 15 is 0 Å². The zero-order valence-corrected chi connectivity index (χ0v) is 10.5. The summed E-state index contributed by atoms with van der Waals surface area (Å²) in [6.45, 7) is 2.41. The van der Waals surface area contributed by atoms with Gasteiger partial charge in [-0.15, -0.1) is 10.2 Å². The van der Waals surface area contributed by atoms with Gasteiger partial charge >= 0.3 is 0 Å². The van der Waals surface area contributed by atoms with Crippen LogP contribution in [0.15, 0.2) is 22.7 Å². The van der Waals surface area contributed by atoms with E-state index in [0.29, 0.717) is 11.0 Å². The molecule has 1 aliphatic heterocycles. The van der Waals surface area contributed by atoms with Crippen LogP contribution in [0.2, 0.25) is 0 Å². The van der Waals surface area contributed by atoms with Crippen molar-refractivity contribution >= 4 is 15.9 Å². The molecule has 1 aliphatic rings. The van der Waals surface area contributed by atoms with Crippen molar-refractivity contribution < 1.29 is 4.39 Å². The van der Waals surface area contributed by atoms with E-state index in [1.54, 1.807) is 0 Å². The fourth-order valence-corrected chi connectivity index (χ4v) is 2.45. The Kier molecular flexibility index (Phi) is 2.68. The van der Waals surface area contributed by atoms with E-state index in [9.17, 15) is 4.39 Å². The Morgan fingerprint density at radius 3 is 3.00 bits per heavy atom. The lowest BCUT2D eigenvalue weighted by molar-refractivity contribution is 0.508. The Hall–Kier alpha value is -1.27. The lowest BCUT2D eigenvalue weighted by Gasteiger charge is -2.16. The maximum Gasteiger partial charge on any atom is 0.164 e. The molecule has 0 bridgehead atoms. The van der Waals surface area contributed by atoms with E-state index in [0.717, 1.165) is 30.3 Å². The first-order valence-electron chi connectivity index (χ1n) is 5.33. The summed E-state index contributed by atoms with van der Waals surface area (Å²) >= 11 is 3.28. The summed E-state index contributed by atoms with van der Waals surface area (Å²) in [5.41, 5.74) is 0.748. The Balaban J connectivity index is 2.11. The highest BCUT2D eigenvalue weighted by atomic mass is 79.9. The monoisotopic (exact) mass is 296 g/mol. The van der Waals surface area contributed by atoms with Gasteiger partial charge in [0.1, 0.15) is 11.6 Å². The zero-order valence-electron chi connectivity index (χ0n) is 8.95. The molecule has 2 aromatic rings. The third kappa shape index (κ3) is 1.98. The summed E-state index contributed by atoms with van der Waals surface area (Å²) in [6, 6.07) is 4.75. The molecule has 0 amide bonds. The quantitative estimate of drug-likeness (QED) is 0.875. The highest BCUT2D eigenvalue weighted by molar-refractivity contribution is 9.10. The lowest BCUT2D eigenvalue weighted by Crippen LogP contribution is -2.28. The lowest BCUT2D eigenvalue weighted by atomic mass is 10.2. The van der Waals surface area contributed by atoms with Crippen molar-refractivity contribution in [1.29, 1.82) is 0 Å². The molecule has 2 heterocycles. The summed E-state index contributed by atoms with van der Waals surface area (Å²) in [7, 11) is 0. The predicted molar refractivity (Wildman–Crippen MR) is 64.8 cm³/mol. The molecule has 3 rings (SSSR count). The van der Waals surface area contributed by atoms with Gasteiger partial charge in [0.05, 0.1) is 6.54 Å². The van der Waals surface area contributed by atoms with Gasteiger partial charge in [-0.25, -0.2) is 4.39 Å². The second-order valence-corrected chi connectivity index (χ2v) is 4.84. The molecule has 0 atom stereocenters. The van der Waals surface area contributed by atoms with Crippen molar-refractivity contribution in [2.45, 2.75) is 13.1 Å². The minimum Gasteiger partial charge on any atom is -0.309 e. The molecule has 0 saturated heterocycles. The third-order valence-electron chi connectivity index (χ3n) is 2.74. The van der Waals surface area contributed by atoms with Gasteiger partial charge < -0.3 is 9.88 Å². The van der Waals surface area contributed by atoms with Crippen LogP contribution >= 0.6 is 15.9 Å². The SMILES string of the molecule is Fc1cc(Br)cc(-c2nnc3n2CCNC3)c1. The van der Waals surface area contributed by atoms with E-state index in [1.807, 2.05) is 10.6 Å². The van der Waals surface area contributed by atoms with Crippen LogP contribution < -0.4 is 5.32 Å². The Labute approximate surface area is 106 Å². The number of hydrogen-bond donors (Lipinski definition) is 1. The average Bonchev–Trinajstić information content (AvgIpc) is 2.71. The van der Waals surface area contributed by atoms with E-state index in [2.05, 4.69) is 31.4 Å². The van der Waals surface area contributed by atoms with Crippen molar-refractivity contribution in [2.75, 3.05) is 6.54 Å². The number of aromatic nitrogens is 3. The summed E-state index contributed by atoms with van der Waals surface area (Å²) in [5.74, 6) is 1.34. The summed E-state index contributed by atoms with van der Waals surface area (Å²) in [4.78, 5) is 0. The number of fused-ring (bicyclic) bond motifs is 1. The van der Waals surface area contributed by atoms with Crippen molar-refractivity contribution in [3.05, 3.63) is 34.3 Å². The Morgan fingerprint density at radius 2 is 2.18 bits per heavy atom. The van der Waals surface area contributed by atoms with Gasteiger partial charge in [-0.1, -0.05) is 15.9 Å². The van der Waals surface area contributed by atoms with Gasteiger partial charge in [-0.3, -0.25) is 0 Å². The van der Waals surface area contributed by atoms with Crippen molar-refractivity contribution in [2.24, 2.45) is 0 Å². The molecule has 1 aromatic heterocycles. The zero-order chi connectivity index (χ0) is 11.8. The molecule has 88 valence electrons. The summed E-state index contributed by atoms with van der Waals surface area (Å²) in [5, 5.41) is 11.5. The number of benzene rings is 1. The standard InChI is InChI=1S/C11H10BrFN4/c12-8-3-7(4-9(13)5-8)11-16-15-10-6-14-1-2-17(10)11/h3-5,14H,1-2,6H2.